The topological polar surface area (TPSA) is 41.1 Å². The van der Waals surface area contributed by atoms with Gasteiger partial charge in [-0.1, -0.05) is 13.8 Å². The molecule has 1 saturated carbocycles. The molecule has 1 aromatic carbocycles. The SMILES string of the molecule is CC1CCC(Nc2ccc3c(c2)NC(=O)CS3)CC1C. The molecule has 20 heavy (non-hydrogen) atoms. The Morgan fingerprint density at radius 1 is 1.25 bits per heavy atom. The average Bonchev–Trinajstić information content (AvgIpc) is 2.42. The fourth-order valence-corrected chi connectivity index (χ4v) is 3.88. The summed E-state index contributed by atoms with van der Waals surface area (Å²) in [6, 6.07) is 6.87. The highest BCUT2D eigenvalue weighted by molar-refractivity contribution is 8.00. The number of carbonyl (C=O) groups excluding carboxylic acids is 1. The smallest absolute Gasteiger partial charge is 0.234 e. The van der Waals surface area contributed by atoms with E-state index in [9.17, 15) is 4.79 Å². The van der Waals surface area contributed by atoms with Crippen LogP contribution in [0, 0.1) is 11.8 Å². The minimum atomic E-state index is 0.0970. The highest BCUT2D eigenvalue weighted by Gasteiger charge is 2.24. The Morgan fingerprint density at radius 3 is 2.90 bits per heavy atom. The minimum absolute atomic E-state index is 0.0970. The molecule has 108 valence electrons. The maximum absolute atomic E-state index is 11.5. The molecule has 3 atom stereocenters. The second-order valence-electron chi connectivity index (χ2n) is 6.16. The Labute approximate surface area is 124 Å². The van der Waals surface area contributed by atoms with Gasteiger partial charge in [0.15, 0.2) is 0 Å². The van der Waals surface area contributed by atoms with Crippen LogP contribution in [0.2, 0.25) is 0 Å². The molecule has 4 heteroatoms. The van der Waals surface area contributed by atoms with Crippen molar-refractivity contribution >= 4 is 29.0 Å². The van der Waals surface area contributed by atoms with Crippen LogP contribution >= 0.6 is 11.8 Å². The van der Waals surface area contributed by atoms with Crippen molar-refractivity contribution in [3.8, 4) is 0 Å². The van der Waals surface area contributed by atoms with E-state index in [-0.39, 0.29) is 5.91 Å². The second kappa shape index (κ2) is 5.68. The molecule has 1 amide bonds. The van der Waals surface area contributed by atoms with E-state index in [0.717, 1.165) is 23.2 Å². The summed E-state index contributed by atoms with van der Waals surface area (Å²) < 4.78 is 0. The van der Waals surface area contributed by atoms with Crippen LogP contribution in [-0.4, -0.2) is 17.7 Å². The van der Waals surface area contributed by atoms with E-state index < -0.39 is 0 Å². The standard InChI is InChI=1S/C16H22N2OS/c1-10-3-4-12(7-11(10)2)17-13-5-6-15-14(8-13)18-16(19)9-20-15/h5-6,8,10-12,17H,3-4,7,9H2,1-2H3,(H,18,19). The van der Waals surface area contributed by atoms with Crippen molar-refractivity contribution in [3.63, 3.8) is 0 Å². The summed E-state index contributed by atoms with van der Waals surface area (Å²) in [6.45, 7) is 4.70. The second-order valence-corrected chi connectivity index (χ2v) is 7.17. The number of anilines is 2. The third kappa shape index (κ3) is 2.95. The number of fused-ring (bicyclic) bond motifs is 1. The number of hydrogen-bond acceptors (Lipinski definition) is 3. The Balaban J connectivity index is 1.69. The maximum Gasteiger partial charge on any atom is 0.234 e. The largest absolute Gasteiger partial charge is 0.382 e. The van der Waals surface area contributed by atoms with Crippen molar-refractivity contribution in [2.75, 3.05) is 16.4 Å². The van der Waals surface area contributed by atoms with Crippen LogP contribution in [0.15, 0.2) is 23.1 Å². The van der Waals surface area contributed by atoms with Crippen molar-refractivity contribution < 1.29 is 4.79 Å². The van der Waals surface area contributed by atoms with Gasteiger partial charge in [-0.3, -0.25) is 4.79 Å². The molecule has 1 aliphatic carbocycles. The first-order valence-electron chi connectivity index (χ1n) is 7.45. The van der Waals surface area contributed by atoms with Gasteiger partial charge < -0.3 is 10.6 Å². The minimum Gasteiger partial charge on any atom is -0.382 e. The first-order valence-corrected chi connectivity index (χ1v) is 8.43. The Kier molecular flexibility index (Phi) is 3.92. The highest BCUT2D eigenvalue weighted by atomic mass is 32.2. The third-order valence-electron chi connectivity index (χ3n) is 4.58. The van der Waals surface area contributed by atoms with Gasteiger partial charge >= 0.3 is 0 Å². The van der Waals surface area contributed by atoms with Crippen LogP contribution < -0.4 is 10.6 Å². The summed E-state index contributed by atoms with van der Waals surface area (Å²) in [5, 5.41) is 6.59. The van der Waals surface area contributed by atoms with Gasteiger partial charge in [0.25, 0.3) is 0 Å². The number of benzene rings is 1. The lowest BCUT2D eigenvalue weighted by molar-refractivity contribution is -0.113. The Bertz CT molecular complexity index is 517. The zero-order valence-corrected chi connectivity index (χ0v) is 12.9. The van der Waals surface area contributed by atoms with Crippen LogP contribution in [0.25, 0.3) is 0 Å². The first kappa shape index (κ1) is 13.8. The highest BCUT2D eigenvalue weighted by Crippen LogP contribution is 2.35. The summed E-state index contributed by atoms with van der Waals surface area (Å²) in [5.41, 5.74) is 2.08. The zero-order valence-electron chi connectivity index (χ0n) is 12.1. The van der Waals surface area contributed by atoms with E-state index in [0.29, 0.717) is 11.8 Å². The molecule has 2 aliphatic rings. The molecule has 0 radical (unpaired) electrons. The van der Waals surface area contributed by atoms with Crippen LogP contribution in [0.5, 0.6) is 0 Å². The van der Waals surface area contributed by atoms with Crippen LogP contribution in [0.1, 0.15) is 33.1 Å². The monoisotopic (exact) mass is 290 g/mol. The van der Waals surface area contributed by atoms with Gasteiger partial charge in [-0.15, -0.1) is 11.8 Å². The molecule has 1 fully saturated rings. The lowest BCUT2D eigenvalue weighted by atomic mass is 9.79. The number of carbonyl (C=O) groups is 1. The van der Waals surface area contributed by atoms with Crippen molar-refractivity contribution in [2.24, 2.45) is 11.8 Å². The fourth-order valence-electron chi connectivity index (χ4n) is 3.09. The molecule has 1 aromatic rings. The molecule has 0 spiro atoms. The summed E-state index contributed by atoms with van der Waals surface area (Å²) in [7, 11) is 0. The lowest BCUT2D eigenvalue weighted by Crippen LogP contribution is -2.30. The van der Waals surface area contributed by atoms with Crippen LogP contribution in [0.3, 0.4) is 0 Å². The molecule has 0 saturated heterocycles. The van der Waals surface area contributed by atoms with Gasteiger partial charge in [-0.25, -0.2) is 0 Å². The number of amides is 1. The normalized spacial score (nSPS) is 29.5. The fraction of sp³-hybridized carbons (Fsp3) is 0.562. The molecule has 1 aliphatic heterocycles. The molecule has 0 bridgehead atoms. The van der Waals surface area contributed by atoms with Gasteiger partial charge in [-0.05, 0) is 49.3 Å². The molecule has 0 aromatic heterocycles. The molecule has 3 unspecified atom stereocenters. The average molecular weight is 290 g/mol. The van der Waals surface area contributed by atoms with E-state index in [4.69, 9.17) is 0 Å². The van der Waals surface area contributed by atoms with E-state index in [1.54, 1.807) is 11.8 Å². The van der Waals surface area contributed by atoms with Gasteiger partial charge in [0.2, 0.25) is 5.91 Å². The van der Waals surface area contributed by atoms with E-state index in [2.05, 4.69) is 42.7 Å². The van der Waals surface area contributed by atoms with Gasteiger partial charge in [0.05, 0.1) is 11.4 Å². The summed E-state index contributed by atoms with van der Waals surface area (Å²) in [5.74, 6) is 2.25. The van der Waals surface area contributed by atoms with E-state index >= 15 is 0 Å². The number of nitrogens with one attached hydrogen (secondary N) is 2. The molecule has 3 nitrogen and oxygen atoms in total. The van der Waals surface area contributed by atoms with Crippen LogP contribution in [0.4, 0.5) is 11.4 Å². The summed E-state index contributed by atoms with van der Waals surface area (Å²) >= 11 is 1.61. The van der Waals surface area contributed by atoms with Gasteiger partial charge in [0.1, 0.15) is 0 Å². The van der Waals surface area contributed by atoms with Crippen molar-refractivity contribution in [3.05, 3.63) is 18.2 Å². The maximum atomic E-state index is 11.5. The lowest BCUT2D eigenvalue weighted by Gasteiger charge is -2.33. The van der Waals surface area contributed by atoms with Crippen LogP contribution in [-0.2, 0) is 4.79 Å². The quantitative estimate of drug-likeness (QED) is 0.866. The third-order valence-corrected chi connectivity index (χ3v) is 5.65. The number of thioether (sulfide) groups is 1. The number of rotatable bonds is 2. The molecule has 3 rings (SSSR count). The predicted molar refractivity (Wildman–Crippen MR) is 85.4 cm³/mol. The summed E-state index contributed by atoms with van der Waals surface area (Å²) in [4.78, 5) is 12.6. The Hall–Kier alpha value is -1.16. The van der Waals surface area contributed by atoms with E-state index in [1.807, 2.05) is 0 Å². The van der Waals surface area contributed by atoms with Gasteiger partial charge in [-0.2, -0.15) is 0 Å². The van der Waals surface area contributed by atoms with Crippen molar-refractivity contribution in [1.29, 1.82) is 0 Å². The Morgan fingerprint density at radius 2 is 2.10 bits per heavy atom. The van der Waals surface area contributed by atoms with Gasteiger partial charge in [0, 0.05) is 16.6 Å². The molecular formula is C16H22N2OS. The first-order chi connectivity index (χ1) is 9.61. The van der Waals surface area contributed by atoms with Crippen molar-refractivity contribution in [1.82, 2.24) is 0 Å². The predicted octanol–water partition coefficient (Wildman–Crippen LogP) is 3.97. The molecule has 2 N–H and O–H groups in total. The molecule has 1 heterocycles. The summed E-state index contributed by atoms with van der Waals surface area (Å²) in [6.07, 6.45) is 3.78. The zero-order chi connectivity index (χ0) is 14.1. The number of hydrogen-bond donors (Lipinski definition) is 2. The van der Waals surface area contributed by atoms with Crippen molar-refractivity contribution in [2.45, 2.75) is 44.0 Å². The van der Waals surface area contributed by atoms with E-state index in [1.165, 1.54) is 24.2 Å². The molecular weight excluding hydrogens is 268 g/mol.